The molecule has 0 radical (unpaired) electrons. The Morgan fingerprint density at radius 2 is 2.10 bits per heavy atom. The Morgan fingerprint density at radius 3 is 2.75 bits per heavy atom. The third kappa shape index (κ3) is 2.76. The van der Waals surface area contributed by atoms with Gasteiger partial charge in [-0.25, -0.2) is 0 Å². The molecule has 0 N–H and O–H groups in total. The maximum Gasteiger partial charge on any atom is 0.319 e. The van der Waals surface area contributed by atoms with Crippen LogP contribution in [-0.4, -0.2) is 31.6 Å². The summed E-state index contributed by atoms with van der Waals surface area (Å²) >= 11 is 0. The number of methoxy groups -OCH3 is 1. The van der Waals surface area contributed by atoms with Gasteiger partial charge in [-0.05, 0) is 44.9 Å². The van der Waals surface area contributed by atoms with Crippen LogP contribution < -0.4 is 0 Å². The molecule has 4 heteroatoms. The van der Waals surface area contributed by atoms with E-state index in [0.29, 0.717) is 19.4 Å². The van der Waals surface area contributed by atoms with Gasteiger partial charge < -0.3 is 9.47 Å². The second-order valence-electron chi connectivity index (χ2n) is 6.04. The lowest BCUT2D eigenvalue weighted by molar-refractivity contribution is -0.169. The number of ketones is 1. The average Bonchev–Trinajstić information content (AvgIpc) is 2.48. The number of ether oxygens (including phenoxy) is 2. The average molecular weight is 282 g/mol. The first-order valence-corrected chi connectivity index (χ1v) is 7.88. The molecule has 114 valence electrons. The van der Waals surface area contributed by atoms with Crippen molar-refractivity contribution in [1.29, 1.82) is 0 Å². The SMILES string of the molecule is CCOC(=O)C1(C2CCCC(OC)C2)CCCCC1=O. The summed E-state index contributed by atoms with van der Waals surface area (Å²) in [5.41, 5.74) is -0.883. The van der Waals surface area contributed by atoms with Crippen molar-refractivity contribution >= 4 is 11.8 Å². The molecule has 2 aliphatic rings. The molecule has 2 aliphatic carbocycles. The van der Waals surface area contributed by atoms with Gasteiger partial charge in [0.1, 0.15) is 11.2 Å². The second kappa shape index (κ2) is 6.70. The fourth-order valence-electron chi connectivity index (χ4n) is 3.93. The van der Waals surface area contributed by atoms with Crippen LogP contribution in [0.2, 0.25) is 0 Å². The Kier molecular flexibility index (Phi) is 5.19. The number of hydrogen-bond donors (Lipinski definition) is 0. The number of rotatable bonds is 4. The summed E-state index contributed by atoms with van der Waals surface area (Å²) < 4.78 is 10.7. The van der Waals surface area contributed by atoms with Crippen molar-refractivity contribution in [3.8, 4) is 0 Å². The molecule has 4 nitrogen and oxygen atoms in total. The van der Waals surface area contributed by atoms with E-state index in [4.69, 9.17) is 9.47 Å². The monoisotopic (exact) mass is 282 g/mol. The van der Waals surface area contributed by atoms with Gasteiger partial charge >= 0.3 is 5.97 Å². The summed E-state index contributed by atoms with van der Waals surface area (Å²) in [6, 6.07) is 0. The molecule has 2 fully saturated rings. The van der Waals surface area contributed by atoms with Gasteiger partial charge in [-0.1, -0.05) is 12.8 Å². The molecule has 0 aromatic carbocycles. The topological polar surface area (TPSA) is 52.6 Å². The highest BCUT2D eigenvalue weighted by Gasteiger charge is 2.54. The fourth-order valence-corrected chi connectivity index (χ4v) is 3.93. The summed E-state index contributed by atoms with van der Waals surface area (Å²) in [5, 5.41) is 0. The first-order valence-electron chi connectivity index (χ1n) is 7.88. The third-order valence-electron chi connectivity index (χ3n) is 5.02. The zero-order valence-corrected chi connectivity index (χ0v) is 12.7. The largest absolute Gasteiger partial charge is 0.465 e. The Morgan fingerprint density at radius 1 is 1.30 bits per heavy atom. The molecule has 3 unspecified atom stereocenters. The summed E-state index contributed by atoms with van der Waals surface area (Å²) in [4.78, 5) is 25.1. The molecule has 2 saturated carbocycles. The normalized spacial score (nSPS) is 34.8. The zero-order valence-electron chi connectivity index (χ0n) is 12.7. The molecule has 20 heavy (non-hydrogen) atoms. The van der Waals surface area contributed by atoms with Crippen molar-refractivity contribution in [2.75, 3.05) is 13.7 Å². The van der Waals surface area contributed by atoms with E-state index < -0.39 is 5.41 Å². The molecule has 0 saturated heterocycles. The van der Waals surface area contributed by atoms with Crippen LogP contribution in [-0.2, 0) is 19.1 Å². The minimum atomic E-state index is -0.883. The van der Waals surface area contributed by atoms with E-state index in [9.17, 15) is 9.59 Å². The number of carbonyl (C=O) groups is 2. The Bertz CT molecular complexity index is 365. The van der Waals surface area contributed by atoms with Crippen molar-refractivity contribution in [2.45, 2.75) is 64.4 Å². The lowest BCUT2D eigenvalue weighted by Gasteiger charge is -2.43. The van der Waals surface area contributed by atoms with E-state index in [0.717, 1.165) is 38.5 Å². The van der Waals surface area contributed by atoms with Crippen molar-refractivity contribution in [3.63, 3.8) is 0 Å². The van der Waals surface area contributed by atoms with E-state index in [-0.39, 0.29) is 23.8 Å². The van der Waals surface area contributed by atoms with Crippen LogP contribution in [0.3, 0.4) is 0 Å². The summed E-state index contributed by atoms with van der Waals surface area (Å²) in [7, 11) is 1.72. The molecule has 3 atom stereocenters. The summed E-state index contributed by atoms with van der Waals surface area (Å²) in [5.74, 6) is -0.0940. The van der Waals surface area contributed by atoms with E-state index in [2.05, 4.69) is 0 Å². The molecule has 0 aliphatic heterocycles. The van der Waals surface area contributed by atoms with E-state index >= 15 is 0 Å². The van der Waals surface area contributed by atoms with Crippen LogP contribution in [0.1, 0.15) is 58.3 Å². The molecule has 0 heterocycles. The minimum absolute atomic E-state index is 0.0908. The molecule has 2 rings (SSSR count). The third-order valence-corrected chi connectivity index (χ3v) is 5.02. The van der Waals surface area contributed by atoms with E-state index in [1.165, 1.54) is 0 Å². The fraction of sp³-hybridized carbons (Fsp3) is 0.875. The molecule has 0 aromatic heterocycles. The maximum absolute atomic E-state index is 12.6. The molecule has 0 bridgehead atoms. The van der Waals surface area contributed by atoms with Crippen molar-refractivity contribution in [2.24, 2.45) is 11.3 Å². The molecule has 0 amide bonds. The second-order valence-corrected chi connectivity index (χ2v) is 6.04. The predicted molar refractivity (Wildman–Crippen MR) is 75.3 cm³/mol. The zero-order chi connectivity index (χ0) is 14.6. The highest BCUT2D eigenvalue weighted by molar-refractivity contribution is 6.04. The summed E-state index contributed by atoms with van der Waals surface area (Å²) in [6.45, 7) is 2.14. The van der Waals surface area contributed by atoms with Crippen LogP contribution in [0.15, 0.2) is 0 Å². The Labute approximate surface area is 121 Å². The minimum Gasteiger partial charge on any atom is -0.465 e. The molecular formula is C16H26O4. The van der Waals surface area contributed by atoms with Crippen molar-refractivity contribution in [1.82, 2.24) is 0 Å². The number of carbonyl (C=O) groups excluding carboxylic acids is 2. The van der Waals surface area contributed by atoms with Gasteiger partial charge in [0, 0.05) is 13.5 Å². The molecule has 0 spiro atoms. The first-order chi connectivity index (χ1) is 9.65. The van der Waals surface area contributed by atoms with Gasteiger partial charge in [-0.15, -0.1) is 0 Å². The smallest absolute Gasteiger partial charge is 0.319 e. The lowest BCUT2D eigenvalue weighted by Crippen LogP contribution is -2.50. The van der Waals surface area contributed by atoms with Crippen LogP contribution in [0.25, 0.3) is 0 Å². The van der Waals surface area contributed by atoms with Crippen LogP contribution in [0, 0.1) is 11.3 Å². The van der Waals surface area contributed by atoms with Gasteiger partial charge in [0.25, 0.3) is 0 Å². The van der Waals surface area contributed by atoms with Crippen LogP contribution in [0.5, 0.6) is 0 Å². The van der Waals surface area contributed by atoms with Crippen molar-refractivity contribution < 1.29 is 19.1 Å². The summed E-state index contributed by atoms with van der Waals surface area (Å²) in [6.07, 6.45) is 7.00. The number of Topliss-reactive ketones (excluding diaryl/α,β-unsaturated/α-hetero) is 1. The van der Waals surface area contributed by atoms with Gasteiger partial charge in [0.15, 0.2) is 0 Å². The van der Waals surface area contributed by atoms with Gasteiger partial charge in [0.05, 0.1) is 12.7 Å². The first kappa shape index (κ1) is 15.5. The Balaban J connectivity index is 2.25. The van der Waals surface area contributed by atoms with E-state index in [1.807, 2.05) is 0 Å². The standard InChI is InChI=1S/C16H26O4/c1-3-20-15(18)16(10-5-4-9-14(16)17)12-7-6-8-13(11-12)19-2/h12-13H,3-11H2,1-2H3. The number of esters is 1. The van der Waals surface area contributed by atoms with Gasteiger partial charge in [-0.3, -0.25) is 9.59 Å². The highest BCUT2D eigenvalue weighted by Crippen LogP contribution is 2.47. The quantitative estimate of drug-likeness (QED) is 0.587. The van der Waals surface area contributed by atoms with Gasteiger partial charge in [0.2, 0.25) is 0 Å². The Hall–Kier alpha value is -0.900. The van der Waals surface area contributed by atoms with Gasteiger partial charge in [-0.2, -0.15) is 0 Å². The van der Waals surface area contributed by atoms with Crippen LogP contribution in [0.4, 0.5) is 0 Å². The predicted octanol–water partition coefficient (Wildman–Crippen LogP) is 2.88. The molecule has 0 aromatic rings. The maximum atomic E-state index is 12.6. The molecular weight excluding hydrogens is 256 g/mol. The number of hydrogen-bond acceptors (Lipinski definition) is 4. The van der Waals surface area contributed by atoms with Crippen LogP contribution >= 0.6 is 0 Å². The highest BCUT2D eigenvalue weighted by atomic mass is 16.5. The lowest BCUT2D eigenvalue weighted by atomic mass is 9.60. The van der Waals surface area contributed by atoms with E-state index in [1.54, 1.807) is 14.0 Å². The van der Waals surface area contributed by atoms with Crippen molar-refractivity contribution in [3.05, 3.63) is 0 Å².